The Morgan fingerprint density at radius 3 is 2.40 bits per heavy atom. The third kappa shape index (κ3) is 1.74. The quantitative estimate of drug-likeness (QED) is 0.823. The Balaban J connectivity index is 2.57. The first kappa shape index (κ1) is 10.2. The molecular weight excluding hydrogens is 214 g/mol. The second-order valence-electron chi connectivity index (χ2n) is 3.60. The summed E-state index contributed by atoms with van der Waals surface area (Å²) >= 11 is 0. The van der Waals surface area contributed by atoms with Gasteiger partial charge in [0, 0.05) is 0 Å². The summed E-state index contributed by atoms with van der Waals surface area (Å²) in [6.07, 6.45) is 1.35. The molecule has 2 rings (SSSR count). The maximum atomic E-state index is 11.9. The molecule has 0 unspecified atom stereocenters. The number of carbonyl (C=O) groups is 1. The molecule has 1 fully saturated rings. The fourth-order valence-corrected chi connectivity index (χ4v) is 3.34. The number of sulfone groups is 1. The maximum Gasteiger partial charge on any atom is 0.250 e. The molecule has 1 aliphatic carbocycles. The molecule has 0 spiro atoms. The highest BCUT2D eigenvalue weighted by molar-refractivity contribution is 7.92. The van der Waals surface area contributed by atoms with E-state index in [0.29, 0.717) is 12.8 Å². The second-order valence-corrected chi connectivity index (χ2v) is 5.80. The van der Waals surface area contributed by atoms with Crippen LogP contribution in [-0.2, 0) is 9.84 Å². The fourth-order valence-electron chi connectivity index (χ4n) is 1.48. The molecular formula is C10H11NO3S. The van der Waals surface area contributed by atoms with Crippen molar-refractivity contribution in [3.8, 4) is 0 Å². The van der Waals surface area contributed by atoms with Crippen LogP contribution in [0.1, 0.15) is 23.2 Å². The number of rotatable bonds is 3. The van der Waals surface area contributed by atoms with Gasteiger partial charge in [-0.2, -0.15) is 0 Å². The van der Waals surface area contributed by atoms with Gasteiger partial charge in [-0.25, -0.2) is 8.42 Å². The Kier molecular flexibility index (Phi) is 2.26. The Labute approximate surface area is 88.0 Å². The van der Waals surface area contributed by atoms with E-state index in [4.69, 9.17) is 5.73 Å². The van der Waals surface area contributed by atoms with Gasteiger partial charge in [-0.3, -0.25) is 4.79 Å². The number of hydrogen-bond donors (Lipinski definition) is 1. The minimum absolute atomic E-state index is 0.0694. The van der Waals surface area contributed by atoms with Crippen molar-refractivity contribution in [2.24, 2.45) is 5.73 Å². The zero-order valence-corrected chi connectivity index (χ0v) is 8.83. The summed E-state index contributed by atoms with van der Waals surface area (Å²) in [5.41, 5.74) is 5.22. The largest absolute Gasteiger partial charge is 0.366 e. The lowest BCUT2D eigenvalue weighted by molar-refractivity contribution is 0.0997. The summed E-state index contributed by atoms with van der Waals surface area (Å²) in [6, 6.07) is 6.08. The molecule has 80 valence electrons. The topological polar surface area (TPSA) is 77.2 Å². The zero-order valence-electron chi connectivity index (χ0n) is 8.01. The van der Waals surface area contributed by atoms with Crippen LogP contribution in [0.3, 0.4) is 0 Å². The summed E-state index contributed by atoms with van der Waals surface area (Å²) in [5.74, 6) is -0.699. The van der Waals surface area contributed by atoms with Gasteiger partial charge >= 0.3 is 0 Å². The van der Waals surface area contributed by atoms with Gasteiger partial charge in [0.05, 0.1) is 15.7 Å². The van der Waals surface area contributed by atoms with E-state index in [2.05, 4.69) is 0 Å². The Bertz CT molecular complexity index is 503. The number of benzene rings is 1. The average molecular weight is 225 g/mol. The maximum absolute atomic E-state index is 11.9. The first-order valence-corrected chi connectivity index (χ1v) is 6.21. The van der Waals surface area contributed by atoms with E-state index in [1.54, 1.807) is 12.1 Å². The van der Waals surface area contributed by atoms with Crippen molar-refractivity contribution in [1.29, 1.82) is 0 Å². The lowest BCUT2D eigenvalue weighted by Crippen LogP contribution is -2.18. The van der Waals surface area contributed by atoms with Gasteiger partial charge in [-0.1, -0.05) is 12.1 Å². The highest BCUT2D eigenvalue weighted by atomic mass is 32.2. The molecule has 1 aromatic rings. The van der Waals surface area contributed by atoms with Crippen molar-refractivity contribution in [3.63, 3.8) is 0 Å². The normalized spacial score (nSPS) is 16.3. The Hall–Kier alpha value is -1.36. The Morgan fingerprint density at radius 2 is 1.87 bits per heavy atom. The van der Waals surface area contributed by atoms with Crippen molar-refractivity contribution in [2.75, 3.05) is 0 Å². The molecule has 0 heterocycles. The van der Waals surface area contributed by atoms with Crippen molar-refractivity contribution >= 4 is 15.7 Å². The van der Waals surface area contributed by atoms with Crippen LogP contribution in [0.5, 0.6) is 0 Å². The van der Waals surface area contributed by atoms with Gasteiger partial charge in [-0.05, 0) is 25.0 Å². The van der Waals surface area contributed by atoms with E-state index in [1.165, 1.54) is 12.1 Å². The standard InChI is InChI=1S/C10H11NO3S/c11-10(12)8-3-1-2-4-9(8)15(13,14)7-5-6-7/h1-4,7H,5-6H2,(H2,11,12). The van der Waals surface area contributed by atoms with Crippen molar-refractivity contribution in [1.82, 2.24) is 0 Å². The van der Waals surface area contributed by atoms with Crippen LogP contribution in [0, 0.1) is 0 Å². The van der Waals surface area contributed by atoms with Gasteiger partial charge in [0.25, 0.3) is 0 Å². The molecule has 0 radical (unpaired) electrons. The zero-order chi connectivity index (χ0) is 11.1. The van der Waals surface area contributed by atoms with E-state index in [-0.39, 0.29) is 15.7 Å². The molecule has 1 aliphatic rings. The predicted molar refractivity (Wildman–Crippen MR) is 55.2 cm³/mol. The van der Waals surface area contributed by atoms with Crippen LogP contribution in [0.25, 0.3) is 0 Å². The number of carbonyl (C=O) groups excluding carboxylic acids is 1. The fraction of sp³-hybridized carbons (Fsp3) is 0.300. The molecule has 1 aromatic carbocycles. The van der Waals surface area contributed by atoms with Crippen LogP contribution in [0.2, 0.25) is 0 Å². The average Bonchev–Trinajstić information content (AvgIpc) is 3.01. The van der Waals surface area contributed by atoms with Crippen LogP contribution < -0.4 is 5.73 Å². The smallest absolute Gasteiger partial charge is 0.250 e. The van der Waals surface area contributed by atoms with Crippen molar-refractivity contribution in [3.05, 3.63) is 29.8 Å². The lowest BCUT2D eigenvalue weighted by atomic mass is 10.2. The van der Waals surface area contributed by atoms with Crippen LogP contribution in [0.4, 0.5) is 0 Å². The monoisotopic (exact) mass is 225 g/mol. The third-order valence-corrected chi connectivity index (χ3v) is 4.74. The van der Waals surface area contributed by atoms with E-state index >= 15 is 0 Å². The van der Waals surface area contributed by atoms with E-state index in [0.717, 1.165) is 0 Å². The number of primary amides is 1. The van der Waals surface area contributed by atoms with Crippen LogP contribution in [0.15, 0.2) is 29.2 Å². The number of amides is 1. The predicted octanol–water partition coefficient (Wildman–Crippen LogP) is 0.722. The second kappa shape index (κ2) is 3.34. The summed E-state index contributed by atoms with van der Waals surface area (Å²) < 4.78 is 23.8. The number of nitrogens with two attached hydrogens (primary N) is 1. The number of hydrogen-bond acceptors (Lipinski definition) is 3. The molecule has 15 heavy (non-hydrogen) atoms. The molecule has 0 bridgehead atoms. The molecule has 2 N–H and O–H groups in total. The minimum atomic E-state index is -3.34. The van der Waals surface area contributed by atoms with E-state index in [9.17, 15) is 13.2 Å². The molecule has 0 atom stereocenters. The van der Waals surface area contributed by atoms with Gasteiger partial charge in [0.1, 0.15) is 0 Å². The summed E-state index contributed by atoms with van der Waals surface area (Å²) in [7, 11) is -3.34. The van der Waals surface area contributed by atoms with Crippen LogP contribution >= 0.6 is 0 Å². The van der Waals surface area contributed by atoms with Crippen molar-refractivity contribution in [2.45, 2.75) is 23.0 Å². The van der Waals surface area contributed by atoms with Gasteiger partial charge < -0.3 is 5.73 Å². The van der Waals surface area contributed by atoms with E-state index < -0.39 is 15.7 Å². The molecule has 1 saturated carbocycles. The van der Waals surface area contributed by atoms with Crippen LogP contribution in [-0.4, -0.2) is 19.6 Å². The summed E-state index contributed by atoms with van der Waals surface area (Å²) in [6.45, 7) is 0. The molecule has 0 saturated heterocycles. The third-order valence-electron chi connectivity index (χ3n) is 2.42. The van der Waals surface area contributed by atoms with E-state index in [1.807, 2.05) is 0 Å². The molecule has 4 nitrogen and oxygen atoms in total. The lowest BCUT2D eigenvalue weighted by Gasteiger charge is -2.06. The van der Waals surface area contributed by atoms with Crippen molar-refractivity contribution < 1.29 is 13.2 Å². The minimum Gasteiger partial charge on any atom is -0.366 e. The van der Waals surface area contributed by atoms with Gasteiger partial charge in [-0.15, -0.1) is 0 Å². The van der Waals surface area contributed by atoms with Gasteiger partial charge in [0.15, 0.2) is 9.84 Å². The molecule has 0 aliphatic heterocycles. The van der Waals surface area contributed by atoms with Gasteiger partial charge in [0.2, 0.25) is 5.91 Å². The summed E-state index contributed by atoms with van der Waals surface area (Å²) in [5, 5.41) is -0.321. The molecule has 0 aromatic heterocycles. The molecule has 5 heteroatoms. The Morgan fingerprint density at radius 1 is 1.27 bits per heavy atom. The highest BCUT2D eigenvalue weighted by Crippen LogP contribution is 2.34. The highest BCUT2D eigenvalue weighted by Gasteiger charge is 2.38. The molecule has 1 amide bonds. The SMILES string of the molecule is NC(=O)c1ccccc1S(=O)(=O)C1CC1. The first-order valence-electron chi connectivity index (χ1n) is 4.66. The summed E-state index contributed by atoms with van der Waals surface area (Å²) in [4.78, 5) is 11.1. The first-order chi connectivity index (χ1) is 7.03.